The van der Waals surface area contributed by atoms with Crippen LogP contribution in [0.3, 0.4) is 0 Å². The molecule has 10 heteroatoms. The molecule has 1 atom stereocenters. The molecule has 0 aliphatic carbocycles. The zero-order valence-corrected chi connectivity index (χ0v) is 24.8. The minimum atomic E-state index is -3.86. The number of carbonyl (C=O) groups excluding carboxylic acids is 1. The average Bonchev–Trinajstić information content (AvgIpc) is 3.38. The molecule has 4 aromatic rings. The van der Waals surface area contributed by atoms with Crippen LogP contribution in [-0.4, -0.2) is 64.6 Å². The summed E-state index contributed by atoms with van der Waals surface area (Å²) in [6, 6.07) is 18.6. The molecular weight excluding hydrogens is 538 g/mol. The van der Waals surface area contributed by atoms with Crippen LogP contribution in [0.5, 0.6) is 0 Å². The van der Waals surface area contributed by atoms with Gasteiger partial charge < -0.3 is 14.5 Å². The second kappa shape index (κ2) is 11.5. The third kappa shape index (κ3) is 6.53. The lowest BCUT2D eigenvalue weighted by atomic mass is 10.0. The van der Waals surface area contributed by atoms with Gasteiger partial charge in [0.2, 0.25) is 5.95 Å². The van der Waals surface area contributed by atoms with Crippen LogP contribution in [0.25, 0.3) is 11.0 Å². The van der Waals surface area contributed by atoms with Crippen LogP contribution in [0.4, 0.5) is 10.7 Å². The fourth-order valence-corrected chi connectivity index (χ4v) is 6.39. The van der Waals surface area contributed by atoms with Crippen molar-refractivity contribution in [2.24, 2.45) is 0 Å². The van der Waals surface area contributed by atoms with Crippen LogP contribution in [0.1, 0.15) is 44.7 Å². The molecule has 1 aliphatic rings. The predicted octanol–water partition coefficient (Wildman–Crippen LogP) is 5.43. The first-order valence-electron chi connectivity index (χ1n) is 14.0. The monoisotopic (exact) mass is 575 g/mol. The molecule has 0 N–H and O–H groups in total. The van der Waals surface area contributed by atoms with Crippen LogP contribution in [0, 0.1) is 6.92 Å². The van der Waals surface area contributed by atoms with Crippen LogP contribution in [0.15, 0.2) is 78.0 Å². The topological polar surface area (TPSA) is 97.6 Å². The number of hydrogen-bond acceptors (Lipinski definition) is 7. The van der Waals surface area contributed by atoms with E-state index in [1.165, 1.54) is 15.7 Å². The second-order valence-corrected chi connectivity index (χ2v) is 13.3. The average molecular weight is 576 g/mol. The Bertz CT molecular complexity index is 1610. The van der Waals surface area contributed by atoms with Crippen molar-refractivity contribution >= 4 is 33.1 Å². The SMILES string of the molecule is Cc1ccc(S(=O)(=O)n2ccc3cnc(N(CCc4ccccc4)C4CCCN(C(=O)OC(C)(C)C)C4)nc32)cc1. The van der Waals surface area contributed by atoms with E-state index in [2.05, 4.69) is 22.0 Å². The van der Waals surface area contributed by atoms with Crippen molar-refractivity contribution in [1.82, 2.24) is 18.8 Å². The molecule has 0 bridgehead atoms. The Morgan fingerprint density at radius 3 is 2.51 bits per heavy atom. The van der Waals surface area contributed by atoms with E-state index in [-0.39, 0.29) is 17.0 Å². The van der Waals surface area contributed by atoms with Crippen molar-refractivity contribution in [3.8, 4) is 0 Å². The molecule has 5 rings (SSSR count). The quantitative estimate of drug-likeness (QED) is 0.290. The van der Waals surface area contributed by atoms with E-state index >= 15 is 0 Å². The van der Waals surface area contributed by atoms with E-state index in [0.29, 0.717) is 36.6 Å². The Morgan fingerprint density at radius 1 is 1.07 bits per heavy atom. The first kappa shape index (κ1) is 28.6. The number of nitrogens with zero attached hydrogens (tertiary/aromatic N) is 5. The van der Waals surface area contributed by atoms with Crippen LogP contribution in [0.2, 0.25) is 0 Å². The lowest BCUT2D eigenvalue weighted by molar-refractivity contribution is 0.0197. The number of ether oxygens (including phenoxy) is 1. The zero-order chi connectivity index (χ0) is 29.2. The number of fused-ring (bicyclic) bond motifs is 1. The van der Waals surface area contributed by atoms with Crippen molar-refractivity contribution in [2.45, 2.75) is 63.5 Å². The standard InChI is InChI=1S/C31H37N5O4S/c1-23-12-14-27(15-13-23)41(38,39)36-20-17-25-21-32-29(33-28(25)36)35(19-16-24-9-6-5-7-10-24)26-11-8-18-34(22-26)30(37)40-31(2,3)4/h5-7,9-10,12-15,17,20-21,26H,8,11,16,18-19,22H2,1-4H3. The Morgan fingerprint density at radius 2 is 1.80 bits per heavy atom. The van der Waals surface area contributed by atoms with Gasteiger partial charge in [-0.3, -0.25) is 0 Å². The van der Waals surface area contributed by atoms with Crippen LogP contribution < -0.4 is 4.90 Å². The highest BCUT2D eigenvalue weighted by atomic mass is 32.2. The summed E-state index contributed by atoms with van der Waals surface area (Å²) >= 11 is 0. The third-order valence-corrected chi connectivity index (χ3v) is 8.87. The van der Waals surface area contributed by atoms with Crippen molar-refractivity contribution in [3.63, 3.8) is 0 Å². The Labute approximate surface area is 241 Å². The molecule has 41 heavy (non-hydrogen) atoms. The van der Waals surface area contributed by atoms with E-state index in [4.69, 9.17) is 9.72 Å². The normalized spacial score (nSPS) is 16.1. The van der Waals surface area contributed by atoms with E-state index < -0.39 is 15.6 Å². The summed E-state index contributed by atoms with van der Waals surface area (Å²) in [5.41, 5.74) is 1.89. The number of likely N-dealkylation sites (tertiary alicyclic amines) is 1. The predicted molar refractivity (Wildman–Crippen MR) is 160 cm³/mol. The molecule has 9 nitrogen and oxygen atoms in total. The number of hydrogen-bond donors (Lipinski definition) is 0. The number of aromatic nitrogens is 3. The lowest BCUT2D eigenvalue weighted by Crippen LogP contribution is -2.52. The zero-order valence-electron chi connectivity index (χ0n) is 24.0. The molecule has 2 aromatic carbocycles. The minimum absolute atomic E-state index is 0.0606. The highest BCUT2D eigenvalue weighted by molar-refractivity contribution is 7.90. The maximum atomic E-state index is 13.6. The number of carbonyl (C=O) groups is 1. The summed E-state index contributed by atoms with van der Waals surface area (Å²) in [7, 11) is -3.86. The molecule has 3 heterocycles. The Kier molecular flexibility index (Phi) is 8.04. The fraction of sp³-hybridized carbons (Fsp3) is 0.387. The molecule has 0 spiro atoms. The molecule has 1 saturated heterocycles. The van der Waals surface area contributed by atoms with Gasteiger partial charge in [0, 0.05) is 43.5 Å². The summed E-state index contributed by atoms with van der Waals surface area (Å²) in [6.45, 7) is 9.20. The summed E-state index contributed by atoms with van der Waals surface area (Å²) < 4.78 is 34.0. The van der Waals surface area contributed by atoms with Gasteiger partial charge >= 0.3 is 6.09 Å². The van der Waals surface area contributed by atoms with Crippen molar-refractivity contribution < 1.29 is 17.9 Å². The van der Waals surface area contributed by atoms with Crippen molar-refractivity contribution in [3.05, 3.63) is 84.2 Å². The van der Waals surface area contributed by atoms with E-state index in [0.717, 1.165) is 24.8 Å². The lowest BCUT2D eigenvalue weighted by Gasteiger charge is -2.39. The van der Waals surface area contributed by atoms with E-state index in [1.807, 2.05) is 45.9 Å². The summed E-state index contributed by atoms with van der Waals surface area (Å²) in [6.07, 6.45) is 5.26. The van der Waals surface area contributed by atoms with Gasteiger partial charge in [-0.2, -0.15) is 4.98 Å². The van der Waals surface area contributed by atoms with Gasteiger partial charge in [-0.1, -0.05) is 48.0 Å². The van der Waals surface area contributed by atoms with Crippen molar-refractivity contribution in [2.75, 3.05) is 24.5 Å². The van der Waals surface area contributed by atoms with E-state index in [9.17, 15) is 13.2 Å². The largest absolute Gasteiger partial charge is 0.444 e. The fourth-order valence-electron chi connectivity index (χ4n) is 5.08. The summed E-state index contributed by atoms with van der Waals surface area (Å²) in [4.78, 5) is 26.5. The molecule has 0 radical (unpaired) electrons. The molecule has 1 aliphatic heterocycles. The van der Waals surface area contributed by atoms with Gasteiger partial charge in [-0.15, -0.1) is 0 Å². The molecule has 1 unspecified atom stereocenters. The summed E-state index contributed by atoms with van der Waals surface area (Å²) in [5.74, 6) is 0.434. The van der Waals surface area contributed by atoms with Gasteiger partial charge in [0.15, 0.2) is 5.65 Å². The number of anilines is 1. The molecule has 216 valence electrons. The number of rotatable bonds is 7. The van der Waals surface area contributed by atoms with Gasteiger partial charge in [0.1, 0.15) is 5.60 Å². The number of benzene rings is 2. The van der Waals surface area contributed by atoms with Gasteiger partial charge in [-0.25, -0.2) is 22.2 Å². The Balaban J connectivity index is 1.49. The smallest absolute Gasteiger partial charge is 0.410 e. The van der Waals surface area contributed by atoms with Gasteiger partial charge in [-0.05, 0) is 70.7 Å². The highest BCUT2D eigenvalue weighted by Gasteiger charge is 2.32. The highest BCUT2D eigenvalue weighted by Crippen LogP contribution is 2.26. The summed E-state index contributed by atoms with van der Waals surface area (Å²) in [5, 5.41) is 0.631. The first-order chi connectivity index (χ1) is 19.5. The third-order valence-electron chi connectivity index (χ3n) is 7.19. The van der Waals surface area contributed by atoms with Gasteiger partial charge in [0.25, 0.3) is 10.0 Å². The maximum absolute atomic E-state index is 13.6. The second-order valence-electron chi connectivity index (χ2n) is 11.5. The number of amides is 1. The first-order valence-corrected chi connectivity index (χ1v) is 15.4. The molecular formula is C31H37N5O4S. The molecule has 1 fully saturated rings. The van der Waals surface area contributed by atoms with Crippen LogP contribution >= 0.6 is 0 Å². The van der Waals surface area contributed by atoms with Crippen LogP contribution in [-0.2, 0) is 21.2 Å². The Hall–Kier alpha value is -3.92. The molecule has 2 aromatic heterocycles. The van der Waals surface area contributed by atoms with Gasteiger partial charge in [0.05, 0.1) is 4.90 Å². The molecule has 1 amide bonds. The number of piperidine rings is 1. The minimum Gasteiger partial charge on any atom is -0.444 e. The maximum Gasteiger partial charge on any atom is 0.410 e. The number of aryl methyl sites for hydroxylation is 1. The van der Waals surface area contributed by atoms with Crippen molar-refractivity contribution in [1.29, 1.82) is 0 Å². The molecule has 0 saturated carbocycles. The van der Waals surface area contributed by atoms with E-state index in [1.54, 1.807) is 41.4 Å².